The van der Waals surface area contributed by atoms with Crippen molar-refractivity contribution in [2.75, 3.05) is 20.2 Å². The minimum Gasteiger partial charge on any atom is -0.469 e. The number of nitrogens with zero attached hydrogens (tertiary/aromatic N) is 4. The minimum atomic E-state index is -0.350. The van der Waals surface area contributed by atoms with E-state index in [9.17, 15) is 9.59 Å². The highest BCUT2D eigenvalue weighted by atomic mass is 16.5. The maximum absolute atomic E-state index is 12.0. The topological polar surface area (TPSA) is 108 Å². The summed E-state index contributed by atoms with van der Waals surface area (Å²) in [6.07, 6.45) is 3.10. The van der Waals surface area contributed by atoms with Gasteiger partial charge in [-0.05, 0) is 5.56 Å². The standard InChI is InChI=1S/C18H17N5O3/c1-26-16(24)6-7-23-15(11-22-18(23)25)13-2-4-14(5-3-13)17-20-9-12(8-19)10-21-17/h2-5,9-10,15H,6-7,11H2,1H3,(H,22,25). The summed E-state index contributed by atoms with van der Waals surface area (Å²) in [6, 6.07) is 9.20. The molecule has 1 aromatic heterocycles. The molecule has 2 heterocycles. The molecule has 1 atom stereocenters. The van der Waals surface area contributed by atoms with Crippen molar-refractivity contribution in [3.05, 3.63) is 47.8 Å². The van der Waals surface area contributed by atoms with Crippen LogP contribution in [0.4, 0.5) is 4.79 Å². The van der Waals surface area contributed by atoms with Crippen LogP contribution in [0, 0.1) is 11.3 Å². The van der Waals surface area contributed by atoms with E-state index in [4.69, 9.17) is 5.26 Å². The summed E-state index contributed by atoms with van der Waals surface area (Å²) in [6.45, 7) is 0.774. The second-order valence-electron chi connectivity index (χ2n) is 5.75. The Labute approximate surface area is 150 Å². The third-order valence-electron chi connectivity index (χ3n) is 4.20. The highest BCUT2D eigenvalue weighted by Gasteiger charge is 2.31. The lowest BCUT2D eigenvalue weighted by atomic mass is 10.0. The first-order chi connectivity index (χ1) is 12.6. The number of nitriles is 1. The van der Waals surface area contributed by atoms with Gasteiger partial charge in [-0.25, -0.2) is 14.8 Å². The molecule has 2 aromatic rings. The van der Waals surface area contributed by atoms with Crippen LogP contribution in [0.3, 0.4) is 0 Å². The van der Waals surface area contributed by atoms with Gasteiger partial charge in [0.25, 0.3) is 0 Å². The Kier molecular flexibility index (Phi) is 5.08. The Morgan fingerprint density at radius 2 is 2.04 bits per heavy atom. The van der Waals surface area contributed by atoms with Gasteiger partial charge in [0.2, 0.25) is 0 Å². The number of hydrogen-bond donors (Lipinski definition) is 1. The quantitative estimate of drug-likeness (QED) is 0.821. The van der Waals surface area contributed by atoms with Crippen LogP contribution in [0.15, 0.2) is 36.7 Å². The lowest BCUT2D eigenvalue weighted by Gasteiger charge is -2.23. The van der Waals surface area contributed by atoms with Crippen molar-refractivity contribution in [2.45, 2.75) is 12.5 Å². The number of aromatic nitrogens is 2. The predicted molar refractivity (Wildman–Crippen MR) is 91.7 cm³/mol. The van der Waals surface area contributed by atoms with Crippen molar-refractivity contribution in [3.63, 3.8) is 0 Å². The first-order valence-electron chi connectivity index (χ1n) is 8.06. The molecule has 1 aliphatic rings. The zero-order valence-corrected chi connectivity index (χ0v) is 14.2. The molecule has 8 nitrogen and oxygen atoms in total. The van der Waals surface area contributed by atoms with Gasteiger partial charge in [0.05, 0.1) is 25.1 Å². The molecule has 0 bridgehead atoms. The number of carbonyl (C=O) groups is 2. The van der Waals surface area contributed by atoms with Gasteiger partial charge >= 0.3 is 12.0 Å². The average Bonchev–Trinajstić information content (AvgIpc) is 3.06. The number of amides is 2. The molecular weight excluding hydrogens is 334 g/mol. The Morgan fingerprint density at radius 1 is 1.35 bits per heavy atom. The van der Waals surface area contributed by atoms with Crippen LogP contribution in [0.2, 0.25) is 0 Å². The first-order valence-corrected chi connectivity index (χ1v) is 8.06. The number of methoxy groups -OCH3 is 1. The summed E-state index contributed by atoms with van der Waals surface area (Å²) in [5.41, 5.74) is 2.17. The zero-order chi connectivity index (χ0) is 18.5. The molecule has 1 fully saturated rings. The fourth-order valence-electron chi connectivity index (χ4n) is 2.80. The van der Waals surface area contributed by atoms with E-state index >= 15 is 0 Å². The van der Waals surface area contributed by atoms with Gasteiger partial charge in [-0.3, -0.25) is 4.79 Å². The maximum atomic E-state index is 12.0. The number of esters is 1. The second kappa shape index (κ2) is 7.61. The number of nitrogens with one attached hydrogen (secondary N) is 1. The Morgan fingerprint density at radius 3 is 2.65 bits per heavy atom. The van der Waals surface area contributed by atoms with Crippen molar-refractivity contribution in [3.8, 4) is 17.5 Å². The van der Waals surface area contributed by atoms with Crippen molar-refractivity contribution in [1.82, 2.24) is 20.2 Å². The number of carbonyl (C=O) groups excluding carboxylic acids is 2. The van der Waals surface area contributed by atoms with Gasteiger partial charge in [0.1, 0.15) is 6.07 Å². The fraction of sp³-hybridized carbons (Fsp3) is 0.278. The molecule has 8 heteroatoms. The van der Waals surface area contributed by atoms with Gasteiger partial charge < -0.3 is 15.0 Å². The molecular formula is C18H17N5O3. The molecule has 2 amide bonds. The van der Waals surface area contributed by atoms with E-state index in [1.807, 2.05) is 30.3 Å². The molecule has 3 rings (SSSR count). The minimum absolute atomic E-state index is 0.150. The van der Waals surface area contributed by atoms with E-state index in [0.29, 0.717) is 24.5 Å². The summed E-state index contributed by atoms with van der Waals surface area (Å²) < 4.78 is 4.64. The van der Waals surface area contributed by atoms with Gasteiger partial charge in [0, 0.05) is 31.0 Å². The van der Waals surface area contributed by atoms with E-state index in [0.717, 1.165) is 11.1 Å². The SMILES string of the molecule is COC(=O)CCN1C(=O)NCC1c1ccc(-c2ncc(C#N)cn2)cc1. The Hall–Kier alpha value is -3.47. The number of rotatable bonds is 5. The summed E-state index contributed by atoms with van der Waals surface area (Å²) in [5.74, 6) is 0.176. The van der Waals surface area contributed by atoms with Crippen LogP contribution in [0.5, 0.6) is 0 Å². The van der Waals surface area contributed by atoms with Crippen molar-refractivity contribution >= 4 is 12.0 Å². The van der Waals surface area contributed by atoms with Crippen LogP contribution >= 0.6 is 0 Å². The van der Waals surface area contributed by atoms with Crippen molar-refractivity contribution in [2.24, 2.45) is 0 Å². The van der Waals surface area contributed by atoms with Gasteiger partial charge in [-0.1, -0.05) is 24.3 Å². The smallest absolute Gasteiger partial charge is 0.318 e. The highest BCUT2D eigenvalue weighted by molar-refractivity contribution is 5.78. The summed E-state index contributed by atoms with van der Waals surface area (Å²) >= 11 is 0. The van der Waals surface area contributed by atoms with Crippen LogP contribution in [0.25, 0.3) is 11.4 Å². The second-order valence-corrected chi connectivity index (χ2v) is 5.75. The van der Waals surface area contributed by atoms with Gasteiger partial charge in [-0.15, -0.1) is 0 Å². The summed E-state index contributed by atoms with van der Waals surface area (Å²) in [5, 5.41) is 11.6. The first kappa shape index (κ1) is 17.4. The fourth-order valence-corrected chi connectivity index (χ4v) is 2.80. The molecule has 0 saturated carbocycles. The van der Waals surface area contributed by atoms with Gasteiger partial charge in [-0.2, -0.15) is 5.26 Å². The normalized spacial score (nSPS) is 16.1. The highest BCUT2D eigenvalue weighted by Crippen LogP contribution is 2.26. The molecule has 0 radical (unpaired) electrons. The number of urea groups is 1. The largest absolute Gasteiger partial charge is 0.469 e. The molecule has 0 aliphatic carbocycles. The lowest BCUT2D eigenvalue weighted by molar-refractivity contribution is -0.140. The lowest BCUT2D eigenvalue weighted by Crippen LogP contribution is -2.32. The van der Waals surface area contributed by atoms with Crippen LogP contribution in [0.1, 0.15) is 23.6 Å². The number of benzene rings is 1. The van der Waals surface area contributed by atoms with E-state index in [1.165, 1.54) is 19.5 Å². The predicted octanol–water partition coefficient (Wildman–Crippen LogP) is 1.64. The molecule has 1 unspecified atom stereocenters. The molecule has 0 spiro atoms. The molecule has 1 saturated heterocycles. The zero-order valence-electron chi connectivity index (χ0n) is 14.2. The van der Waals surface area contributed by atoms with Crippen LogP contribution in [-0.4, -0.2) is 47.1 Å². The van der Waals surface area contributed by atoms with E-state index in [2.05, 4.69) is 20.0 Å². The maximum Gasteiger partial charge on any atom is 0.318 e. The van der Waals surface area contributed by atoms with E-state index < -0.39 is 0 Å². The molecule has 1 N–H and O–H groups in total. The van der Waals surface area contributed by atoms with Crippen molar-refractivity contribution in [1.29, 1.82) is 5.26 Å². The number of ether oxygens (including phenoxy) is 1. The van der Waals surface area contributed by atoms with E-state index in [-0.39, 0.29) is 24.5 Å². The Balaban J connectivity index is 1.75. The molecule has 1 aromatic carbocycles. The summed E-state index contributed by atoms with van der Waals surface area (Å²) in [7, 11) is 1.33. The van der Waals surface area contributed by atoms with Gasteiger partial charge in [0.15, 0.2) is 5.82 Å². The molecule has 1 aliphatic heterocycles. The number of hydrogen-bond acceptors (Lipinski definition) is 6. The third-order valence-corrected chi connectivity index (χ3v) is 4.20. The van der Waals surface area contributed by atoms with E-state index in [1.54, 1.807) is 4.90 Å². The van der Waals surface area contributed by atoms with Crippen molar-refractivity contribution < 1.29 is 14.3 Å². The summed E-state index contributed by atoms with van der Waals surface area (Å²) in [4.78, 5) is 33.3. The third kappa shape index (κ3) is 3.62. The Bertz CT molecular complexity index is 843. The van der Waals surface area contributed by atoms with Crippen LogP contribution in [-0.2, 0) is 9.53 Å². The monoisotopic (exact) mass is 351 g/mol. The van der Waals surface area contributed by atoms with Crippen LogP contribution < -0.4 is 5.32 Å². The molecule has 26 heavy (non-hydrogen) atoms. The average molecular weight is 351 g/mol. The molecule has 132 valence electrons.